The van der Waals surface area contributed by atoms with Crippen LogP contribution in [-0.2, 0) is 9.59 Å². The van der Waals surface area contributed by atoms with Crippen LogP contribution in [0.1, 0.15) is 46.0 Å². The highest BCUT2D eigenvalue weighted by Crippen LogP contribution is 2.08. The maximum absolute atomic E-state index is 11.4. The van der Waals surface area contributed by atoms with E-state index in [4.69, 9.17) is 5.11 Å². The molecule has 0 rings (SSSR count). The minimum absolute atomic E-state index is 0.0700. The van der Waals surface area contributed by atoms with E-state index in [-0.39, 0.29) is 30.7 Å². The molecule has 1 unspecified atom stereocenters. The summed E-state index contributed by atoms with van der Waals surface area (Å²) < 4.78 is 0. The molecule has 7 heteroatoms. The summed E-state index contributed by atoms with van der Waals surface area (Å²) >= 11 is 0. The molecule has 0 radical (unpaired) electrons. The Morgan fingerprint density at radius 2 is 1.62 bits per heavy atom. The van der Waals surface area contributed by atoms with Crippen LogP contribution in [0.5, 0.6) is 0 Å². The molecule has 4 N–H and O–H groups in total. The molecule has 0 aromatic carbocycles. The van der Waals surface area contributed by atoms with Crippen LogP contribution in [0.4, 0.5) is 4.79 Å². The predicted molar refractivity (Wildman–Crippen MR) is 80.0 cm³/mol. The van der Waals surface area contributed by atoms with Gasteiger partial charge in [0.25, 0.3) is 0 Å². The maximum atomic E-state index is 11.4. The van der Waals surface area contributed by atoms with E-state index in [1.807, 2.05) is 13.8 Å². The molecule has 3 amide bonds. The van der Waals surface area contributed by atoms with Crippen molar-refractivity contribution in [2.45, 2.75) is 46.0 Å². The van der Waals surface area contributed by atoms with E-state index in [0.29, 0.717) is 26.1 Å². The fourth-order valence-electron chi connectivity index (χ4n) is 1.65. The lowest BCUT2D eigenvalue weighted by Gasteiger charge is -2.11. The van der Waals surface area contributed by atoms with Crippen LogP contribution in [0, 0.1) is 5.92 Å². The SMILES string of the molecule is CCCNC(=O)CCNC(=O)NCCC(C)CCC(=O)O. The first-order valence-electron chi connectivity index (χ1n) is 7.45. The fourth-order valence-corrected chi connectivity index (χ4v) is 1.65. The zero-order valence-electron chi connectivity index (χ0n) is 12.9. The summed E-state index contributed by atoms with van der Waals surface area (Å²) in [5.74, 6) is -0.616. The highest BCUT2D eigenvalue weighted by Gasteiger charge is 2.07. The van der Waals surface area contributed by atoms with Crippen LogP contribution in [0.15, 0.2) is 0 Å². The van der Waals surface area contributed by atoms with E-state index < -0.39 is 5.97 Å². The summed E-state index contributed by atoms with van der Waals surface area (Å²) in [5, 5.41) is 16.6. The Kier molecular flexibility index (Phi) is 11.0. The fraction of sp³-hybridized carbons (Fsp3) is 0.786. The second kappa shape index (κ2) is 12.0. The molecule has 7 nitrogen and oxygen atoms in total. The van der Waals surface area contributed by atoms with Gasteiger partial charge in [0, 0.05) is 32.5 Å². The first kappa shape index (κ1) is 19.2. The molecule has 0 saturated heterocycles. The number of aliphatic carboxylic acids is 1. The molecule has 0 fully saturated rings. The minimum Gasteiger partial charge on any atom is -0.481 e. The van der Waals surface area contributed by atoms with E-state index in [2.05, 4.69) is 16.0 Å². The van der Waals surface area contributed by atoms with Gasteiger partial charge in [0.05, 0.1) is 0 Å². The van der Waals surface area contributed by atoms with Gasteiger partial charge in [-0.2, -0.15) is 0 Å². The van der Waals surface area contributed by atoms with Crippen molar-refractivity contribution in [1.29, 1.82) is 0 Å². The molecule has 0 aromatic heterocycles. The molecule has 0 aromatic rings. The third-order valence-electron chi connectivity index (χ3n) is 2.98. The molecule has 0 saturated carbocycles. The summed E-state index contributed by atoms with van der Waals surface area (Å²) in [6, 6.07) is -0.302. The van der Waals surface area contributed by atoms with Gasteiger partial charge in [-0.25, -0.2) is 4.79 Å². The van der Waals surface area contributed by atoms with Gasteiger partial charge in [0.2, 0.25) is 5.91 Å². The maximum Gasteiger partial charge on any atom is 0.314 e. The summed E-state index contributed by atoms with van der Waals surface area (Å²) in [4.78, 5) is 33.1. The number of carboxylic acids is 1. The smallest absolute Gasteiger partial charge is 0.314 e. The number of amides is 3. The van der Waals surface area contributed by atoms with Crippen LogP contribution in [0.25, 0.3) is 0 Å². The van der Waals surface area contributed by atoms with Crippen LogP contribution in [-0.4, -0.2) is 42.6 Å². The molecule has 1 atom stereocenters. The zero-order chi connectivity index (χ0) is 16.1. The number of carbonyl (C=O) groups excluding carboxylic acids is 2. The second-order valence-corrected chi connectivity index (χ2v) is 5.11. The lowest BCUT2D eigenvalue weighted by Crippen LogP contribution is -2.38. The molecule has 0 aliphatic rings. The molecule has 0 aliphatic heterocycles. The Morgan fingerprint density at radius 1 is 0.952 bits per heavy atom. The average molecular weight is 301 g/mol. The van der Waals surface area contributed by atoms with Crippen molar-refractivity contribution in [2.24, 2.45) is 5.92 Å². The molecular weight excluding hydrogens is 274 g/mol. The van der Waals surface area contributed by atoms with Gasteiger partial charge in [0.1, 0.15) is 0 Å². The van der Waals surface area contributed by atoms with Crippen LogP contribution >= 0.6 is 0 Å². The lowest BCUT2D eigenvalue weighted by atomic mass is 10.0. The molecule has 0 spiro atoms. The Labute approximate surface area is 125 Å². The molecule has 122 valence electrons. The van der Waals surface area contributed by atoms with Crippen molar-refractivity contribution in [1.82, 2.24) is 16.0 Å². The third-order valence-corrected chi connectivity index (χ3v) is 2.98. The molecule has 21 heavy (non-hydrogen) atoms. The normalized spacial score (nSPS) is 11.5. The predicted octanol–water partition coefficient (Wildman–Crippen LogP) is 1.09. The van der Waals surface area contributed by atoms with E-state index >= 15 is 0 Å². The van der Waals surface area contributed by atoms with Crippen LogP contribution in [0.3, 0.4) is 0 Å². The van der Waals surface area contributed by atoms with Crippen LogP contribution in [0.2, 0.25) is 0 Å². The van der Waals surface area contributed by atoms with Gasteiger partial charge in [-0.3, -0.25) is 9.59 Å². The Bertz CT molecular complexity index is 334. The van der Waals surface area contributed by atoms with Crippen LogP contribution < -0.4 is 16.0 Å². The minimum atomic E-state index is -0.797. The third kappa shape index (κ3) is 13.0. The summed E-state index contributed by atoms with van der Waals surface area (Å²) in [6.07, 6.45) is 2.65. The van der Waals surface area contributed by atoms with Crippen molar-refractivity contribution in [2.75, 3.05) is 19.6 Å². The number of carbonyl (C=O) groups is 3. The van der Waals surface area contributed by atoms with Crippen molar-refractivity contribution in [3.63, 3.8) is 0 Å². The number of urea groups is 1. The van der Waals surface area contributed by atoms with E-state index in [1.165, 1.54) is 0 Å². The molecule has 0 bridgehead atoms. The number of rotatable bonds is 11. The van der Waals surface area contributed by atoms with E-state index in [0.717, 1.165) is 12.8 Å². The van der Waals surface area contributed by atoms with Gasteiger partial charge in [-0.05, 0) is 25.2 Å². The van der Waals surface area contributed by atoms with E-state index in [1.54, 1.807) is 0 Å². The van der Waals surface area contributed by atoms with Gasteiger partial charge in [0.15, 0.2) is 0 Å². The highest BCUT2D eigenvalue weighted by molar-refractivity contribution is 5.78. The molecule has 0 aliphatic carbocycles. The van der Waals surface area contributed by atoms with Gasteiger partial charge in [-0.15, -0.1) is 0 Å². The summed E-state index contributed by atoms with van der Waals surface area (Å²) in [7, 11) is 0. The largest absolute Gasteiger partial charge is 0.481 e. The first-order valence-corrected chi connectivity index (χ1v) is 7.45. The number of hydrogen-bond donors (Lipinski definition) is 4. The summed E-state index contributed by atoms with van der Waals surface area (Å²) in [6.45, 7) is 5.38. The molecule has 0 heterocycles. The van der Waals surface area contributed by atoms with Crippen molar-refractivity contribution >= 4 is 17.9 Å². The monoisotopic (exact) mass is 301 g/mol. The van der Waals surface area contributed by atoms with Gasteiger partial charge in [-0.1, -0.05) is 13.8 Å². The average Bonchev–Trinajstić information content (AvgIpc) is 2.42. The zero-order valence-corrected chi connectivity index (χ0v) is 12.9. The Morgan fingerprint density at radius 3 is 2.24 bits per heavy atom. The van der Waals surface area contributed by atoms with Crippen molar-refractivity contribution < 1.29 is 19.5 Å². The summed E-state index contributed by atoms with van der Waals surface area (Å²) in [5.41, 5.74) is 0. The number of nitrogens with one attached hydrogen (secondary N) is 3. The van der Waals surface area contributed by atoms with Gasteiger partial charge >= 0.3 is 12.0 Å². The second-order valence-electron chi connectivity index (χ2n) is 5.11. The van der Waals surface area contributed by atoms with Gasteiger partial charge < -0.3 is 21.1 Å². The number of carboxylic acid groups (broad SMARTS) is 1. The van der Waals surface area contributed by atoms with Crippen molar-refractivity contribution in [3.05, 3.63) is 0 Å². The Balaban J connectivity index is 3.54. The van der Waals surface area contributed by atoms with Crippen molar-refractivity contribution in [3.8, 4) is 0 Å². The highest BCUT2D eigenvalue weighted by atomic mass is 16.4. The van der Waals surface area contributed by atoms with E-state index in [9.17, 15) is 14.4 Å². The molecular formula is C14H27N3O4. The quantitative estimate of drug-likeness (QED) is 0.458. The standard InChI is InChI=1S/C14H27N3O4/c1-3-8-15-12(18)7-10-17-14(21)16-9-6-11(2)4-5-13(19)20/h11H,3-10H2,1-2H3,(H,15,18)(H,19,20)(H2,16,17,21). The first-order chi connectivity index (χ1) is 9.95. The number of hydrogen-bond acceptors (Lipinski definition) is 3. The lowest BCUT2D eigenvalue weighted by molar-refractivity contribution is -0.137. The Hall–Kier alpha value is -1.79. The topological polar surface area (TPSA) is 108 Å².